The van der Waals surface area contributed by atoms with Crippen LogP contribution in [0.1, 0.15) is 5.56 Å². The Morgan fingerprint density at radius 1 is 0.923 bits per heavy atom. The van der Waals surface area contributed by atoms with Crippen LogP contribution in [0, 0.1) is 6.92 Å². The van der Waals surface area contributed by atoms with E-state index in [1.54, 1.807) is 13.3 Å². The number of ether oxygens (including phenoxy) is 2. The molecule has 0 bridgehead atoms. The molecule has 2 N–H and O–H groups in total. The minimum absolute atomic E-state index is 0.525. The topological polar surface area (TPSA) is 68.3 Å². The van der Waals surface area contributed by atoms with Crippen LogP contribution in [0.25, 0.3) is 0 Å². The van der Waals surface area contributed by atoms with Crippen molar-refractivity contribution in [2.45, 2.75) is 6.92 Å². The van der Waals surface area contributed by atoms with E-state index < -0.39 is 0 Å². The average molecular weight is 350 g/mol. The highest BCUT2D eigenvalue weighted by atomic mass is 16.5. The van der Waals surface area contributed by atoms with Crippen LogP contribution in [-0.4, -0.2) is 30.2 Å². The van der Waals surface area contributed by atoms with Crippen LogP contribution in [0.3, 0.4) is 0 Å². The van der Waals surface area contributed by atoms with Gasteiger partial charge in [-0.2, -0.15) is 4.98 Å². The van der Waals surface area contributed by atoms with Crippen LogP contribution in [0.15, 0.2) is 60.8 Å². The molecule has 0 aliphatic rings. The van der Waals surface area contributed by atoms with Crippen LogP contribution in [-0.2, 0) is 0 Å². The average Bonchev–Trinajstić information content (AvgIpc) is 2.68. The van der Waals surface area contributed by atoms with Gasteiger partial charge in [0, 0.05) is 11.9 Å². The van der Waals surface area contributed by atoms with Gasteiger partial charge in [-0.15, -0.1) is 0 Å². The Bertz CT molecular complexity index is 820. The molecule has 0 unspecified atom stereocenters. The van der Waals surface area contributed by atoms with E-state index in [1.807, 2.05) is 54.6 Å². The highest BCUT2D eigenvalue weighted by Gasteiger charge is 2.01. The molecule has 134 valence electrons. The number of hydrogen-bond acceptors (Lipinski definition) is 6. The Morgan fingerprint density at radius 2 is 1.65 bits per heavy atom. The van der Waals surface area contributed by atoms with Crippen LogP contribution >= 0.6 is 0 Å². The number of nitrogens with zero attached hydrogens (tertiary/aromatic N) is 2. The van der Waals surface area contributed by atoms with Gasteiger partial charge in [-0.1, -0.05) is 17.7 Å². The fourth-order valence-electron chi connectivity index (χ4n) is 2.30. The lowest BCUT2D eigenvalue weighted by Crippen LogP contribution is -2.13. The van der Waals surface area contributed by atoms with Gasteiger partial charge in [0.2, 0.25) is 5.95 Å². The Labute approximate surface area is 153 Å². The summed E-state index contributed by atoms with van der Waals surface area (Å²) in [5.41, 5.74) is 2.17. The van der Waals surface area contributed by atoms with Gasteiger partial charge >= 0.3 is 0 Å². The Morgan fingerprint density at radius 3 is 2.38 bits per heavy atom. The summed E-state index contributed by atoms with van der Waals surface area (Å²) < 4.78 is 10.8. The van der Waals surface area contributed by atoms with Crippen molar-refractivity contribution in [3.05, 3.63) is 66.4 Å². The molecule has 6 nitrogen and oxygen atoms in total. The molecule has 0 saturated carbocycles. The van der Waals surface area contributed by atoms with E-state index in [4.69, 9.17) is 9.47 Å². The monoisotopic (exact) mass is 350 g/mol. The molecule has 0 amide bonds. The summed E-state index contributed by atoms with van der Waals surface area (Å²) in [5.74, 6) is 2.91. The first kappa shape index (κ1) is 17.5. The lowest BCUT2D eigenvalue weighted by atomic mass is 10.2. The summed E-state index contributed by atoms with van der Waals surface area (Å²) in [6, 6.07) is 17.4. The van der Waals surface area contributed by atoms with Crippen molar-refractivity contribution in [1.82, 2.24) is 9.97 Å². The maximum absolute atomic E-state index is 5.69. The van der Waals surface area contributed by atoms with E-state index in [-0.39, 0.29) is 0 Å². The second-order valence-electron chi connectivity index (χ2n) is 5.71. The minimum Gasteiger partial charge on any atom is -0.497 e. The molecule has 26 heavy (non-hydrogen) atoms. The Balaban J connectivity index is 1.48. The largest absolute Gasteiger partial charge is 0.497 e. The molecule has 0 atom stereocenters. The molecule has 0 aliphatic heterocycles. The van der Waals surface area contributed by atoms with Gasteiger partial charge in [0.1, 0.15) is 23.9 Å². The molecule has 0 fully saturated rings. The van der Waals surface area contributed by atoms with Crippen molar-refractivity contribution in [3.8, 4) is 11.5 Å². The number of hydrogen-bond donors (Lipinski definition) is 2. The smallest absolute Gasteiger partial charge is 0.229 e. The molecule has 0 radical (unpaired) electrons. The van der Waals surface area contributed by atoms with Crippen molar-refractivity contribution in [3.63, 3.8) is 0 Å². The standard InChI is InChI=1S/C20H22N4O2/c1-15-3-5-16(6-4-15)23-20-22-12-11-19(24-20)21-13-14-26-18-9-7-17(25-2)8-10-18/h3-12H,13-14H2,1-2H3,(H2,21,22,23,24). The van der Waals surface area contributed by atoms with Crippen molar-refractivity contribution in [2.75, 3.05) is 30.9 Å². The van der Waals surface area contributed by atoms with Gasteiger partial charge in [0.25, 0.3) is 0 Å². The quantitative estimate of drug-likeness (QED) is 0.598. The molecule has 2 aromatic carbocycles. The zero-order valence-electron chi connectivity index (χ0n) is 14.9. The third-order valence-corrected chi connectivity index (χ3v) is 3.70. The van der Waals surface area contributed by atoms with E-state index in [9.17, 15) is 0 Å². The summed E-state index contributed by atoms with van der Waals surface area (Å²) in [7, 11) is 1.64. The van der Waals surface area contributed by atoms with Crippen LogP contribution in [0.5, 0.6) is 11.5 Å². The number of rotatable bonds is 8. The molecule has 0 aliphatic carbocycles. The summed E-state index contributed by atoms with van der Waals surface area (Å²) in [4.78, 5) is 8.70. The van der Waals surface area contributed by atoms with Gasteiger partial charge in [-0.05, 0) is 49.4 Å². The minimum atomic E-state index is 0.525. The van der Waals surface area contributed by atoms with E-state index in [0.717, 1.165) is 23.0 Å². The van der Waals surface area contributed by atoms with E-state index >= 15 is 0 Å². The Hall–Kier alpha value is -3.28. The summed E-state index contributed by atoms with van der Waals surface area (Å²) in [5, 5.41) is 6.43. The number of nitrogens with one attached hydrogen (secondary N) is 2. The lowest BCUT2D eigenvalue weighted by molar-refractivity contribution is 0.331. The maximum Gasteiger partial charge on any atom is 0.229 e. The number of benzene rings is 2. The van der Waals surface area contributed by atoms with E-state index in [1.165, 1.54) is 5.56 Å². The van der Waals surface area contributed by atoms with Crippen molar-refractivity contribution >= 4 is 17.5 Å². The third-order valence-electron chi connectivity index (χ3n) is 3.70. The lowest BCUT2D eigenvalue weighted by Gasteiger charge is -2.10. The van der Waals surface area contributed by atoms with Crippen LogP contribution in [0.4, 0.5) is 17.5 Å². The number of aromatic nitrogens is 2. The van der Waals surface area contributed by atoms with Crippen LogP contribution < -0.4 is 20.1 Å². The molecule has 1 aromatic heterocycles. The SMILES string of the molecule is COc1ccc(OCCNc2ccnc(Nc3ccc(C)cc3)n2)cc1. The predicted molar refractivity (Wildman–Crippen MR) is 103 cm³/mol. The zero-order chi connectivity index (χ0) is 18.2. The van der Waals surface area contributed by atoms with Gasteiger partial charge in [0.05, 0.1) is 13.7 Å². The Kier molecular flexibility index (Phi) is 5.88. The number of anilines is 3. The van der Waals surface area contributed by atoms with Crippen molar-refractivity contribution in [2.24, 2.45) is 0 Å². The number of methoxy groups -OCH3 is 1. The second-order valence-corrected chi connectivity index (χ2v) is 5.71. The summed E-state index contributed by atoms with van der Waals surface area (Å²) in [6.45, 7) is 3.21. The maximum atomic E-state index is 5.69. The molecule has 6 heteroatoms. The van der Waals surface area contributed by atoms with Gasteiger partial charge < -0.3 is 20.1 Å². The van der Waals surface area contributed by atoms with Gasteiger partial charge in [0.15, 0.2) is 0 Å². The first-order valence-corrected chi connectivity index (χ1v) is 8.40. The van der Waals surface area contributed by atoms with Gasteiger partial charge in [-0.3, -0.25) is 0 Å². The fourth-order valence-corrected chi connectivity index (χ4v) is 2.30. The number of aryl methyl sites for hydroxylation is 1. The molecule has 0 saturated heterocycles. The van der Waals surface area contributed by atoms with Crippen molar-refractivity contribution < 1.29 is 9.47 Å². The van der Waals surface area contributed by atoms with E-state index in [0.29, 0.717) is 19.1 Å². The normalized spacial score (nSPS) is 10.2. The van der Waals surface area contributed by atoms with Gasteiger partial charge in [-0.25, -0.2) is 4.98 Å². The molecule has 3 rings (SSSR count). The zero-order valence-corrected chi connectivity index (χ0v) is 14.9. The predicted octanol–water partition coefficient (Wildman–Crippen LogP) is 4.03. The fraction of sp³-hybridized carbons (Fsp3) is 0.200. The molecule has 0 spiro atoms. The summed E-state index contributed by atoms with van der Waals surface area (Å²) in [6.07, 6.45) is 1.72. The van der Waals surface area contributed by atoms with Crippen LogP contribution in [0.2, 0.25) is 0 Å². The third kappa shape index (κ3) is 5.11. The second kappa shape index (κ2) is 8.71. The first-order valence-electron chi connectivity index (χ1n) is 8.40. The molecular weight excluding hydrogens is 328 g/mol. The first-order chi connectivity index (χ1) is 12.7. The highest BCUT2D eigenvalue weighted by molar-refractivity contribution is 5.55. The summed E-state index contributed by atoms with van der Waals surface area (Å²) >= 11 is 0. The van der Waals surface area contributed by atoms with E-state index in [2.05, 4.69) is 27.5 Å². The molecule has 1 heterocycles. The van der Waals surface area contributed by atoms with Crippen molar-refractivity contribution in [1.29, 1.82) is 0 Å². The molecule has 3 aromatic rings. The highest BCUT2D eigenvalue weighted by Crippen LogP contribution is 2.17. The molecular formula is C20H22N4O2.